The molecule has 1 aliphatic rings. The van der Waals surface area contributed by atoms with Crippen LogP contribution >= 0.6 is 15.9 Å². The third-order valence-corrected chi connectivity index (χ3v) is 3.53. The first-order valence-electron chi connectivity index (χ1n) is 5.60. The van der Waals surface area contributed by atoms with Crippen molar-refractivity contribution >= 4 is 27.6 Å². The van der Waals surface area contributed by atoms with Crippen LogP contribution in [0, 0.1) is 6.92 Å². The zero-order valence-corrected chi connectivity index (χ0v) is 11.2. The molecule has 0 bridgehead atoms. The summed E-state index contributed by atoms with van der Waals surface area (Å²) in [5, 5.41) is 5.56. The Balaban J connectivity index is 1.90. The zero-order valence-electron chi connectivity index (χ0n) is 9.63. The summed E-state index contributed by atoms with van der Waals surface area (Å²) in [5.41, 5.74) is 1.86. The molecule has 0 aliphatic carbocycles. The molecule has 1 heterocycles. The molecule has 0 aromatic heterocycles. The predicted molar refractivity (Wildman–Crippen MR) is 70.0 cm³/mol. The van der Waals surface area contributed by atoms with Crippen molar-refractivity contribution in [1.82, 2.24) is 5.32 Å². The second-order valence-electron chi connectivity index (χ2n) is 4.06. The molecule has 1 fully saturated rings. The van der Waals surface area contributed by atoms with E-state index in [4.69, 9.17) is 4.74 Å². The maximum Gasteiger partial charge on any atom is 0.321 e. The van der Waals surface area contributed by atoms with Crippen molar-refractivity contribution in [2.45, 2.75) is 26.0 Å². The number of carbonyl (C=O) groups excluding carboxylic acids is 1. The summed E-state index contributed by atoms with van der Waals surface area (Å²) < 4.78 is 6.35. The molecule has 1 atom stereocenters. The number of halogens is 1. The van der Waals surface area contributed by atoms with Gasteiger partial charge >= 0.3 is 6.03 Å². The van der Waals surface area contributed by atoms with E-state index in [1.807, 2.05) is 25.1 Å². The van der Waals surface area contributed by atoms with Gasteiger partial charge in [0.2, 0.25) is 0 Å². The normalized spacial score (nSPS) is 19.1. The van der Waals surface area contributed by atoms with E-state index in [0.29, 0.717) is 0 Å². The van der Waals surface area contributed by atoms with E-state index in [-0.39, 0.29) is 12.3 Å². The van der Waals surface area contributed by atoms with Crippen LogP contribution in [0.25, 0.3) is 0 Å². The van der Waals surface area contributed by atoms with Gasteiger partial charge in [-0.25, -0.2) is 4.79 Å². The monoisotopic (exact) mass is 298 g/mol. The van der Waals surface area contributed by atoms with Crippen molar-refractivity contribution in [2.75, 3.05) is 11.9 Å². The van der Waals surface area contributed by atoms with Gasteiger partial charge in [-0.15, -0.1) is 0 Å². The number of nitrogens with one attached hydrogen (secondary N) is 2. The Kier molecular flexibility index (Phi) is 4.02. The SMILES string of the molecule is Cc1cc(NC(=O)NC2CCCO2)ccc1Br. The highest BCUT2D eigenvalue weighted by Gasteiger charge is 2.17. The van der Waals surface area contributed by atoms with E-state index in [2.05, 4.69) is 26.6 Å². The van der Waals surface area contributed by atoms with Gasteiger partial charge in [-0.05, 0) is 43.5 Å². The molecule has 0 spiro atoms. The van der Waals surface area contributed by atoms with E-state index >= 15 is 0 Å². The molecular weight excluding hydrogens is 284 g/mol. The molecule has 1 saturated heterocycles. The van der Waals surface area contributed by atoms with Gasteiger partial charge < -0.3 is 15.4 Å². The highest BCUT2D eigenvalue weighted by atomic mass is 79.9. The number of hydrogen-bond donors (Lipinski definition) is 2. The lowest BCUT2D eigenvalue weighted by Gasteiger charge is -2.13. The summed E-state index contributed by atoms with van der Waals surface area (Å²) in [4.78, 5) is 11.7. The number of amides is 2. The van der Waals surface area contributed by atoms with E-state index in [9.17, 15) is 4.79 Å². The van der Waals surface area contributed by atoms with Crippen LogP contribution in [0.1, 0.15) is 18.4 Å². The number of rotatable bonds is 2. The lowest BCUT2D eigenvalue weighted by Crippen LogP contribution is -2.37. The Morgan fingerprint density at radius 3 is 3.00 bits per heavy atom. The number of benzene rings is 1. The molecule has 0 radical (unpaired) electrons. The predicted octanol–water partition coefficient (Wildman–Crippen LogP) is 3.02. The highest BCUT2D eigenvalue weighted by Crippen LogP contribution is 2.20. The van der Waals surface area contributed by atoms with Crippen molar-refractivity contribution in [1.29, 1.82) is 0 Å². The second kappa shape index (κ2) is 5.51. The fourth-order valence-corrected chi connectivity index (χ4v) is 1.97. The van der Waals surface area contributed by atoms with Crippen molar-refractivity contribution in [2.24, 2.45) is 0 Å². The van der Waals surface area contributed by atoms with Crippen LogP contribution < -0.4 is 10.6 Å². The summed E-state index contributed by atoms with van der Waals surface area (Å²) in [7, 11) is 0. The minimum Gasteiger partial charge on any atom is -0.358 e. The maximum absolute atomic E-state index is 11.7. The second-order valence-corrected chi connectivity index (χ2v) is 4.92. The summed E-state index contributed by atoms with van der Waals surface area (Å²) in [5.74, 6) is 0. The third kappa shape index (κ3) is 3.44. The molecule has 1 unspecified atom stereocenters. The minimum atomic E-state index is -0.223. The van der Waals surface area contributed by atoms with Crippen molar-refractivity contribution in [3.8, 4) is 0 Å². The number of carbonyl (C=O) groups is 1. The summed E-state index contributed by atoms with van der Waals surface area (Å²) in [6, 6.07) is 5.46. The van der Waals surface area contributed by atoms with E-state index in [0.717, 1.165) is 35.2 Å². The lowest BCUT2D eigenvalue weighted by molar-refractivity contribution is 0.0928. The number of urea groups is 1. The lowest BCUT2D eigenvalue weighted by atomic mass is 10.2. The van der Waals surface area contributed by atoms with Gasteiger partial charge in [0.05, 0.1) is 0 Å². The number of hydrogen-bond acceptors (Lipinski definition) is 2. The van der Waals surface area contributed by atoms with Crippen LogP contribution in [0.2, 0.25) is 0 Å². The quantitative estimate of drug-likeness (QED) is 0.882. The summed E-state index contributed by atoms with van der Waals surface area (Å²) in [6.07, 6.45) is 1.74. The molecule has 2 N–H and O–H groups in total. The van der Waals surface area contributed by atoms with Crippen molar-refractivity contribution in [3.63, 3.8) is 0 Å². The molecule has 1 aromatic carbocycles. The molecule has 1 aliphatic heterocycles. The highest BCUT2D eigenvalue weighted by molar-refractivity contribution is 9.10. The van der Waals surface area contributed by atoms with Crippen LogP contribution in [0.15, 0.2) is 22.7 Å². The first kappa shape index (κ1) is 12.4. The molecule has 2 rings (SSSR count). The topological polar surface area (TPSA) is 50.4 Å². The van der Waals surface area contributed by atoms with E-state index < -0.39 is 0 Å². The van der Waals surface area contributed by atoms with E-state index in [1.165, 1.54) is 0 Å². The molecule has 2 amide bonds. The fourth-order valence-electron chi connectivity index (χ4n) is 1.73. The van der Waals surface area contributed by atoms with Crippen LogP contribution in [0.4, 0.5) is 10.5 Å². The molecule has 0 saturated carbocycles. The van der Waals surface area contributed by atoms with Gasteiger partial charge in [-0.3, -0.25) is 0 Å². The van der Waals surface area contributed by atoms with Gasteiger partial charge in [-0.2, -0.15) is 0 Å². The van der Waals surface area contributed by atoms with Crippen molar-refractivity contribution < 1.29 is 9.53 Å². The Hall–Kier alpha value is -1.07. The average Bonchev–Trinajstić information content (AvgIpc) is 2.76. The number of ether oxygens (including phenoxy) is 1. The molecule has 4 nitrogen and oxygen atoms in total. The molecular formula is C12H15BrN2O2. The van der Waals surface area contributed by atoms with Crippen LogP contribution in [-0.2, 0) is 4.74 Å². The number of anilines is 1. The molecule has 17 heavy (non-hydrogen) atoms. The number of aryl methyl sites for hydroxylation is 1. The first-order chi connectivity index (χ1) is 8.15. The Morgan fingerprint density at radius 2 is 2.35 bits per heavy atom. The Bertz CT molecular complexity index is 417. The largest absolute Gasteiger partial charge is 0.358 e. The van der Waals surface area contributed by atoms with Crippen molar-refractivity contribution in [3.05, 3.63) is 28.2 Å². The molecule has 92 valence electrons. The van der Waals surface area contributed by atoms with Gasteiger partial charge in [-0.1, -0.05) is 15.9 Å². The summed E-state index contributed by atoms with van der Waals surface area (Å²) >= 11 is 3.42. The molecule has 1 aromatic rings. The summed E-state index contributed by atoms with van der Waals surface area (Å²) in [6.45, 7) is 2.70. The first-order valence-corrected chi connectivity index (χ1v) is 6.40. The molecule has 5 heteroatoms. The Labute approximate surface area is 109 Å². The average molecular weight is 299 g/mol. The van der Waals surface area contributed by atoms with Crippen LogP contribution in [-0.4, -0.2) is 18.9 Å². The smallest absolute Gasteiger partial charge is 0.321 e. The standard InChI is InChI=1S/C12H15BrN2O2/c1-8-7-9(4-5-10(8)13)14-12(16)15-11-3-2-6-17-11/h4-5,7,11H,2-3,6H2,1H3,(H2,14,15,16). The van der Waals surface area contributed by atoms with Crippen LogP contribution in [0.5, 0.6) is 0 Å². The fraction of sp³-hybridized carbons (Fsp3) is 0.417. The Morgan fingerprint density at radius 1 is 1.53 bits per heavy atom. The van der Waals surface area contributed by atoms with Gasteiger partial charge in [0.15, 0.2) is 0 Å². The third-order valence-electron chi connectivity index (χ3n) is 2.64. The van der Waals surface area contributed by atoms with E-state index in [1.54, 1.807) is 0 Å². The minimum absolute atomic E-state index is 0.147. The van der Waals surface area contributed by atoms with Gasteiger partial charge in [0.1, 0.15) is 6.23 Å². The van der Waals surface area contributed by atoms with Gasteiger partial charge in [0.25, 0.3) is 0 Å². The van der Waals surface area contributed by atoms with Crippen LogP contribution in [0.3, 0.4) is 0 Å². The maximum atomic E-state index is 11.7. The zero-order chi connectivity index (χ0) is 12.3. The van der Waals surface area contributed by atoms with Gasteiger partial charge in [0, 0.05) is 16.8 Å².